The van der Waals surface area contributed by atoms with Crippen LogP contribution in [0.25, 0.3) is 6.08 Å². The summed E-state index contributed by atoms with van der Waals surface area (Å²) < 4.78 is 0. The molecule has 3 heteroatoms. The highest BCUT2D eigenvalue weighted by atomic mass is 16.2. The van der Waals surface area contributed by atoms with Crippen LogP contribution in [0.3, 0.4) is 0 Å². The Morgan fingerprint density at radius 3 is 2.07 bits per heavy atom. The fourth-order valence-corrected chi connectivity index (χ4v) is 0.686. The van der Waals surface area contributed by atoms with Gasteiger partial charge in [-0.3, -0.25) is 0 Å². The number of hydrogen-bond donors (Lipinski definition) is 1. The van der Waals surface area contributed by atoms with Gasteiger partial charge in [0.1, 0.15) is 6.42 Å². The Bertz CT molecular complexity index is 332. The molecule has 0 spiro atoms. The molecule has 0 amide bonds. The summed E-state index contributed by atoms with van der Waals surface area (Å²) in [5, 5.41) is 23.5. The van der Waals surface area contributed by atoms with E-state index in [1.165, 1.54) is 0 Å². The molecule has 0 aromatic heterocycles. The SMILES string of the molecule is N#CCC#N.OC=Cc1ccccc1. The summed E-state index contributed by atoms with van der Waals surface area (Å²) in [5.41, 5.74) is 1.01. The Morgan fingerprint density at radius 2 is 1.71 bits per heavy atom. The predicted molar refractivity (Wildman–Crippen MR) is 53.9 cm³/mol. The minimum Gasteiger partial charge on any atom is -0.516 e. The lowest BCUT2D eigenvalue weighted by Crippen LogP contribution is -1.66. The Hall–Kier alpha value is -2.26. The average Bonchev–Trinajstić information content (AvgIpc) is 2.22. The highest BCUT2D eigenvalue weighted by Crippen LogP contribution is 1.98. The quantitative estimate of drug-likeness (QED) is 0.685. The van der Waals surface area contributed by atoms with Gasteiger partial charge in [-0.25, -0.2) is 0 Å². The zero-order valence-electron chi connectivity index (χ0n) is 7.59. The van der Waals surface area contributed by atoms with E-state index >= 15 is 0 Å². The Balaban J connectivity index is 0.000000292. The molecule has 0 radical (unpaired) electrons. The zero-order chi connectivity index (χ0) is 10.6. The van der Waals surface area contributed by atoms with E-state index in [2.05, 4.69) is 0 Å². The van der Waals surface area contributed by atoms with Crippen LogP contribution >= 0.6 is 0 Å². The molecule has 0 saturated carbocycles. The van der Waals surface area contributed by atoms with E-state index < -0.39 is 0 Å². The van der Waals surface area contributed by atoms with Crippen LogP contribution in [-0.2, 0) is 0 Å². The molecule has 70 valence electrons. The summed E-state index contributed by atoms with van der Waals surface area (Å²) >= 11 is 0. The van der Waals surface area contributed by atoms with Crippen molar-refractivity contribution in [2.75, 3.05) is 0 Å². The fraction of sp³-hybridized carbons (Fsp3) is 0.0909. The summed E-state index contributed by atoms with van der Waals surface area (Å²) in [6.45, 7) is 0. The van der Waals surface area contributed by atoms with Gasteiger partial charge in [0.05, 0.1) is 18.4 Å². The van der Waals surface area contributed by atoms with E-state index in [1.807, 2.05) is 30.3 Å². The number of hydrogen-bond acceptors (Lipinski definition) is 3. The van der Waals surface area contributed by atoms with Crippen molar-refractivity contribution < 1.29 is 5.11 Å². The molecule has 0 aliphatic rings. The molecule has 14 heavy (non-hydrogen) atoms. The Kier molecular flexibility index (Phi) is 7.41. The number of benzene rings is 1. The second kappa shape index (κ2) is 8.83. The van der Waals surface area contributed by atoms with Gasteiger partial charge in [0.25, 0.3) is 0 Å². The van der Waals surface area contributed by atoms with Crippen LogP contribution in [-0.4, -0.2) is 5.11 Å². The normalized spacial score (nSPS) is 8.14. The molecule has 0 saturated heterocycles. The molecular formula is C11H10N2O. The highest BCUT2D eigenvalue weighted by molar-refractivity contribution is 5.47. The van der Waals surface area contributed by atoms with Crippen molar-refractivity contribution in [1.29, 1.82) is 10.5 Å². The molecule has 0 bridgehead atoms. The van der Waals surface area contributed by atoms with Gasteiger partial charge in [-0.1, -0.05) is 30.3 Å². The maximum atomic E-state index is 8.34. The van der Waals surface area contributed by atoms with Gasteiger partial charge in [0.15, 0.2) is 0 Å². The monoisotopic (exact) mass is 186 g/mol. The van der Waals surface area contributed by atoms with Crippen LogP contribution in [0.1, 0.15) is 12.0 Å². The lowest BCUT2D eigenvalue weighted by atomic mass is 10.2. The van der Waals surface area contributed by atoms with Gasteiger partial charge in [-0.2, -0.15) is 10.5 Å². The molecule has 0 atom stereocenters. The van der Waals surface area contributed by atoms with Gasteiger partial charge in [0, 0.05) is 0 Å². The van der Waals surface area contributed by atoms with E-state index in [0.29, 0.717) is 0 Å². The summed E-state index contributed by atoms with van der Waals surface area (Å²) in [4.78, 5) is 0. The van der Waals surface area contributed by atoms with Crippen molar-refractivity contribution >= 4 is 6.08 Å². The van der Waals surface area contributed by atoms with Gasteiger partial charge in [-0.15, -0.1) is 0 Å². The third kappa shape index (κ3) is 6.45. The zero-order valence-corrected chi connectivity index (χ0v) is 7.59. The molecule has 0 aliphatic heterocycles. The molecule has 0 unspecified atom stereocenters. The number of nitriles is 2. The van der Waals surface area contributed by atoms with Crippen LogP contribution in [0.4, 0.5) is 0 Å². The molecule has 3 nitrogen and oxygen atoms in total. The number of aliphatic hydroxyl groups is 1. The van der Waals surface area contributed by atoms with Gasteiger partial charge in [-0.05, 0) is 11.6 Å². The number of nitrogens with zero attached hydrogens (tertiary/aromatic N) is 2. The lowest BCUT2D eigenvalue weighted by molar-refractivity contribution is 0.478. The fourth-order valence-electron chi connectivity index (χ4n) is 0.686. The van der Waals surface area contributed by atoms with E-state index in [0.717, 1.165) is 11.8 Å². The van der Waals surface area contributed by atoms with Crippen molar-refractivity contribution in [2.45, 2.75) is 6.42 Å². The second-order valence-corrected chi connectivity index (χ2v) is 2.22. The smallest absolute Gasteiger partial charge is 0.122 e. The van der Waals surface area contributed by atoms with Gasteiger partial charge < -0.3 is 5.11 Å². The first kappa shape index (κ1) is 11.7. The van der Waals surface area contributed by atoms with Gasteiger partial charge in [0.2, 0.25) is 0 Å². The summed E-state index contributed by atoms with van der Waals surface area (Å²) in [7, 11) is 0. The predicted octanol–water partition coefficient (Wildman–Crippen LogP) is 2.64. The minimum absolute atomic E-state index is 0. The van der Waals surface area contributed by atoms with Crippen molar-refractivity contribution in [3.63, 3.8) is 0 Å². The van der Waals surface area contributed by atoms with Gasteiger partial charge >= 0.3 is 0 Å². The standard InChI is InChI=1S/C8H8O.C3H2N2/c9-7-6-8-4-2-1-3-5-8;4-2-1-3-5/h1-7,9H;1H2. The van der Waals surface area contributed by atoms with Crippen LogP contribution in [0, 0.1) is 22.7 Å². The first-order valence-corrected chi connectivity index (χ1v) is 3.95. The summed E-state index contributed by atoms with van der Waals surface area (Å²) in [6.07, 6.45) is 2.68. The molecule has 1 aromatic carbocycles. The lowest BCUT2D eigenvalue weighted by Gasteiger charge is -1.86. The molecule has 1 N–H and O–H groups in total. The largest absolute Gasteiger partial charge is 0.516 e. The first-order chi connectivity index (χ1) is 6.85. The topological polar surface area (TPSA) is 67.8 Å². The third-order valence-electron chi connectivity index (χ3n) is 1.22. The van der Waals surface area contributed by atoms with Crippen molar-refractivity contribution in [3.05, 3.63) is 42.2 Å². The molecular weight excluding hydrogens is 176 g/mol. The molecule has 1 rings (SSSR count). The first-order valence-electron chi connectivity index (χ1n) is 3.95. The Morgan fingerprint density at radius 1 is 1.14 bits per heavy atom. The highest BCUT2D eigenvalue weighted by Gasteiger charge is 1.78. The maximum absolute atomic E-state index is 8.34. The molecule has 0 heterocycles. The maximum Gasteiger partial charge on any atom is 0.122 e. The van der Waals surface area contributed by atoms with E-state index in [4.69, 9.17) is 15.6 Å². The summed E-state index contributed by atoms with van der Waals surface area (Å²) in [6, 6.07) is 13.0. The molecule has 1 aromatic rings. The van der Waals surface area contributed by atoms with Crippen molar-refractivity contribution in [2.24, 2.45) is 0 Å². The minimum atomic E-state index is 0. The molecule has 0 aliphatic carbocycles. The Labute approximate surface area is 83.2 Å². The summed E-state index contributed by atoms with van der Waals surface area (Å²) in [5.74, 6) is 0. The van der Waals surface area contributed by atoms with E-state index in [1.54, 1.807) is 18.2 Å². The van der Waals surface area contributed by atoms with Crippen LogP contribution < -0.4 is 0 Å². The second-order valence-electron chi connectivity index (χ2n) is 2.22. The van der Waals surface area contributed by atoms with Crippen LogP contribution in [0.2, 0.25) is 0 Å². The third-order valence-corrected chi connectivity index (χ3v) is 1.22. The number of rotatable bonds is 1. The molecule has 0 fully saturated rings. The van der Waals surface area contributed by atoms with Crippen molar-refractivity contribution in [3.8, 4) is 12.1 Å². The van der Waals surface area contributed by atoms with Crippen LogP contribution in [0.15, 0.2) is 36.6 Å². The number of aliphatic hydroxyl groups excluding tert-OH is 1. The average molecular weight is 186 g/mol. The van der Waals surface area contributed by atoms with E-state index in [-0.39, 0.29) is 6.42 Å². The van der Waals surface area contributed by atoms with Crippen LogP contribution in [0.5, 0.6) is 0 Å². The van der Waals surface area contributed by atoms with Crippen molar-refractivity contribution in [1.82, 2.24) is 0 Å². The van der Waals surface area contributed by atoms with E-state index in [9.17, 15) is 0 Å².